The highest BCUT2D eigenvalue weighted by molar-refractivity contribution is 7.26. The van der Waals surface area contributed by atoms with E-state index in [0.29, 0.717) is 6.54 Å². The third-order valence-corrected chi connectivity index (χ3v) is 13.1. The number of thiophene rings is 1. The second-order valence-electron chi connectivity index (χ2n) is 15.9. The second kappa shape index (κ2) is 16.2. The van der Waals surface area contributed by atoms with Crippen LogP contribution in [0.1, 0.15) is 24.0 Å². The average molecular weight is 831 g/mol. The zero-order valence-corrected chi connectivity index (χ0v) is 35.3. The minimum Gasteiger partial charge on any atom is -0.456 e. The summed E-state index contributed by atoms with van der Waals surface area (Å²) in [5.41, 5.74) is 18.5. The first kappa shape index (κ1) is 38.1. The molecule has 11 aromatic rings. The van der Waals surface area contributed by atoms with Gasteiger partial charge in [-0.25, -0.2) is 0 Å². The first-order valence-electron chi connectivity index (χ1n) is 21.3. The summed E-state index contributed by atoms with van der Waals surface area (Å²) in [6, 6.07) is 63.0. The lowest BCUT2D eigenvalue weighted by atomic mass is 9.94. The Bertz CT molecular complexity index is 3590. The summed E-state index contributed by atoms with van der Waals surface area (Å²) in [6.45, 7) is 0.569. The minimum absolute atomic E-state index is 0.172. The molecule has 0 saturated heterocycles. The Morgan fingerprint density at radius 3 is 2.00 bits per heavy atom. The van der Waals surface area contributed by atoms with Crippen LogP contribution in [0.5, 0.6) is 0 Å². The molecule has 0 fully saturated rings. The van der Waals surface area contributed by atoms with Crippen molar-refractivity contribution in [3.63, 3.8) is 0 Å². The van der Waals surface area contributed by atoms with E-state index in [1.807, 2.05) is 35.8 Å². The fraction of sp³-hybridized carbons (Fsp3) is 0.0526. The molecule has 6 heteroatoms. The van der Waals surface area contributed by atoms with E-state index in [1.54, 1.807) is 0 Å². The number of rotatable bonds is 7. The number of benzene rings is 8. The van der Waals surface area contributed by atoms with Crippen LogP contribution in [0.3, 0.4) is 0 Å². The number of furan rings is 1. The molecule has 0 saturated carbocycles. The fourth-order valence-corrected chi connectivity index (χ4v) is 10.3. The van der Waals surface area contributed by atoms with Crippen molar-refractivity contribution < 1.29 is 4.42 Å². The monoisotopic (exact) mass is 830 g/mol. The molecule has 0 radical (unpaired) electrons. The van der Waals surface area contributed by atoms with Crippen LogP contribution < -0.4 is 5.73 Å². The molecule has 1 aliphatic carbocycles. The van der Waals surface area contributed by atoms with Gasteiger partial charge in [-0.3, -0.25) is 10.4 Å². The number of para-hydroxylation sites is 2. The third kappa shape index (κ3) is 7.00. The number of nitrogens with two attached hydrogens (primary N) is 1. The second-order valence-corrected chi connectivity index (χ2v) is 17.0. The van der Waals surface area contributed by atoms with Crippen molar-refractivity contribution in [3.05, 3.63) is 211 Å². The topological polar surface area (TPSA) is 80.3 Å². The minimum atomic E-state index is 0.172. The Morgan fingerprint density at radius 2 is 1.30 bits per heavy atom. The molecule has 0 bridgehead atoms. The lowest BCUT2D eigenvalue weighted by molar-refractivity contribution is 0.669. The van der Waals surface area contributed by atoms with Gasteiger partial charge in [0, 0.05) is 64.8 Å². The fourth-order valence-electron chi connectivity index (χ4n) is 9.15. The first-order chi connectivity index (χ1) is 31.1. The van der Waals surface area contributed by atoms with Crippen LogP contribution in [0.2, 0.25) is 0 Å². The smallest absolute Gasteiger partial charge is 0.136 e. The van der Waals surface area contributed by atoms with E-state index >= 15 is 0 Å². The average Bonchev–Trinajstić information content (AvgIpc) is 4.02. The first-order valence-corrected chi connectivity index (χ1v) is 22.1. The van der Waals surface area contributed by atoms with Crippen LogP contribution in [0.25, 0.3) is 91.9 Å². The van der Waals surface area contributed by atoms with E-state index < -0.39 is 0 Å². The predicted molar refractivity (Wildman–Crippen MR) is 268 cm³/mol. The van der Waals surface area contributed by atoms with Gasteiger partial charge >= 0.3 is 0 Å². The number of allylic oxidation sites excluding steroid dienone is 2. The molecule has 5 nitrogen and oxygen atoms in total. The number of hydrogen-bond donors (Lipinski definition) is 2. The Balaban J connectivity index is 0.000000443. The van der Waals surface area contributed by atoms with Crippen molar-refractivity contribution in [2.75, 3.05) is 0 Å². The maximum Gasteiger partial charge on any atom is 0.136 e. The maximum atomic E-state index is 7.05. The Kier molecular flexibility index (Phi) is 9.83. The van der Waals surface area contributed by atoms with E-state index in [4.69, 9.17) is 20.6 Å². The van der Waals surface area contributed by atoms with Crippen LogP contribution in [0, 0.1) is 5.41 Å². The predicted octanol–water partition coefficient (Wildman–Crippen LogP) is 15.2. The molecular weight excluding hydrogens is 789 g/mol. The molecule has 0 amide bonds. The zero-order chi connectivity index (χ0) is 42.3. The van der Waals surface area contributed by atoms with Crippen molar-refractivity contribution in [3.8, 4) is 27.9 Å². The summed E-state index contributed by atoms with van der Waals surface area (Å²) >= 11 is 1.86. The lowest BCUT2D eigenvalue weighted by Gasteiger charge is -2.09. The van der Waals surface area contributed by atoms with Crippen molar-refractivity contribution in [1.29, 1.82) is 5.41 Å². The Hall–Kier alpha value is -7.80. The normalized spacial score (nSPS) is 12.8. The molecule has 0 unspecified atom stereocenters. The molecule has 302 valence electrons. The van der Waals surface area contributed by atoms with Gasteiger partial charge < -0.3 is 14.7 Å². The van der Waals surface area contributed by atoms with Gasteiger partial charge in [-0.1, -0.05) is 140 Å². The molecule has 0 atom stereocenters. The summed E-state index contributed by atoms with van der Waals surface area (Å²) in [4.78, 5) is 5.01. The van der Waals surface area contributed by atoms with E-state index in [-0.39, 0.29) is 5.84 Å². The lowest BCUT2D eigenvalue weighted by Crippen LogP contribution is -2.12. The summed E-state index contributed by atoms with van der Waals surface area (Å²) < 4.78 is 11.4. The van der Waals surface area contributed by atoms with Gasteiger partial charge in [-0.2, -0.15) is 0 Å². The van der Waals surface area contributed by atoms with Gasteiger partial charge in [0.05, 0.1) is 17.6 Å². The quantitative estimate of drug-likeness (QED) is 0.124. The zero-order valence-electron chi connectivity index (χ0n) is 34.5. The number of nitrogens with zero attached hydrogens (tertiary/aromatic N) is 2. The van der Waals surface area contributed by atoms with E-state index in [0.717, 1.165) is 57.2 Å². The molecule has 8 aromatic carbocycles. The summed E-state index contributed by atoms with van der Waals surface area (Å²) in [5.74, 6) is 0.172. The van der Waals surface area contributed by atoms with Crippen LogP contribution in [-0.2, 0) is 6.54 Å². The van der Waals surface area contributed by atoms with Gasteiger partial charge in [0.2, 0.25) is 0 Å². The Morgan fingerprint density at radius 1 is 0.619 bits per heavy atom. The number of hydrogen-bond acceptors (Lipinski definition) is 4. The van der Waals surface area contributed by atoms with Gasteiger partial charge in [-0.05, 0) is 95.3 Å². The maximum absolute atomic E-state index is 7.05. The standard InChI is InChI=1S/C50H32N2OS.C7H10N2/c1-2-13-33(14-3-1)37-19-10-24-46-49(37)50-38(20-11-25-47(50)54-46)34-26-27-44-41(29-34)48-35(15-9-23-45(48)53-44)31-51-30-32-12-8-16-36(28-32)52-42-21-6-4-17-39(42)40-18-5-7-22-43(40)52;8-7(9)6-4-2-1-3-5-6/h1-29,31H,30H2;2,4-5H,1,3H2,(H3,8,9). The Labute approximate surface area is 368 Å². The molecule has 0 spiro atoms. The molecule has 3 heterocycles. The molecule has 63 heavy (non-hydrogen) atoms. The molecule has 12 rings (SSSR count). The summed E-state index contributed by atoms with van der Waals surface area (Å²) in [7, 11) is 0. The highest BCUT2D eigenvalue weighted by Gasteiger charge is 2.18. The largest absolute Gasteiger partial charge is 0.456 e. The number of fused-ring (bicyclic) bond motifs is 9. The van der Waals surface area contributed by atoms with E-state index in [1.165, 1.54) is 64.2 Å². The molecule has 3 N–H and O–H groups in total. The SMILES string of the molecule is C(=NCc1cccc(-n2c3ccccc3c3ccccc32)c1)c1cccc2oc3ccc(-c4cccc5sc6cccc(-c7ccccc7)c6c45)cc3c12.N=C(N)C1=CCCC=C1. The van der Waals surface area contributed by atoms with Gasteiger partial charge in [-0.15, -0.1) is 11.3 Å². The molecule has 1 aliphatic rings. The van der Waals surface area contributed by atoms with Crippen LogP contribution in [0.4, 0.5) is 0 Å². The van der Waals surface area contributed by atoms with E-state index in [9.17, 15) is 0 Å². The van der Waals surface area contributed by atoms with E-state index in [2.05, 4.69) is 180 Å². The number of amidine groups is 1. The third-order valence-electron chi connectivity index (χ3n) is 12.0. The molecular formula is C57H42N4OS. The number of nitrogens with one attached hydrogen (secondary N) is 1. The van der Waals surface area contributed by atoms with Gasteiger partial charge in [0.1, 0.15) is 17.0 Å². The summed E-state index contributed by atoms with van der Waals surface area (Å²) in [6.07, 6.45) is 10.0. The highest BCUT2D eigenvalue weighted by atomic mass is 32.1. The van der Waals surface area contributed by atoms with Crippen molar-refractivity contribution in [1.82, 2.24) is 4.57 Å². The van der Waals surface area contributed by atoms with Crippen LogP contribution >= 0.6 is 11.3 Å². The molecule has 3 aromatic heterocycles. The van der Waals surface area contributed by atoms with Gasteiger partial charge in [0.25, 0.3) is 0 Å². The molecule has 0 aliphatic heterocycles. The van der Waals surface area contributed by atoms with Crippen molar-refractivity contribution in [2.45, 2.75) is 19.4 Å². The number of aliphatic imine (C=N–C) groups is 1. The highest BCUT2D eigenvalue weighted by Crippen LogP contribution is 2.45. The van der Waals surface area contributed by atoms with Crippen LogP contribution in [-0.4, -0.2) is 16.6 Å². The summed E-state index contributed by atoms with van der Waals surface area (Å²) in [5, 5.41) is 14.4. The number of aromatic nitrogens is 1. The van der Waals surface area contributed by atoms with Gasteiger partial charge in [0.15, 0.2) is 0 Å². The van der Waals surface area contributed by atoms with Crippen molar-refractivity contribution in [2.24, 2.45) is 10.7 Å². The van der Waals surface area contributed by atoms with Crippen molar-refractivity contribution >= 4 is 87.3 Å². The van der Waals surface area contributed by atoms with Crippen LogP contribution in [0.15, 0.2) is 209 Å².